The van der Waals surface area contributed by atoms with Gasteiger partial charge in [0.2, 0.25) is 0 Å². The van der Waals surface area contributed by atoms with Crippen LogP contribution < -0.4 is 5.56 Å². The maximum Gasteiger partial charge on any atom is 0.267 e. The zero-order chi connectivity index (χ0) is 23.9. The third-order valence-corrected chi connectivity index (χ3v) is 6.13. The van der Waals surface area contributed by atoms with Crippen LogP contribution in [0.1, 0.15) is 43.2 Å². The van der Waals surface area contributed by atoms with Crippen LogP contribution in [0.2, 0.25) is 0 Å². The van der Waals surface area contributed by atoms with Crippen LogP contribution in [0.25, 0.3) is 11.3 Å². The van der Waals surface area contributed by atoms with Gasteiger partial charge in [0.25, 0.3) is 5.56 Å². The first kappa shape index (κ1) is 24.0. The lowest BCUT2D eigenvalue weighted by molar-refractivity contribution is -0.118. The Morgan fingerprint density at radius 2 is 1.65 bits per heavy atom. The minimum atomic E-state index is -0.706. The van der Waals surface area contributed by atoms with Crippen LogP contribution >= 0.6 is 0 Å². The van der Waals surface area contributed by atoms with E-state index < -0.39 is 11.6 Å². The first-order chi connectivity index (χ1) is 16.5. The van der Waals surface area contributed by atoms with E-state index in [0.29, 0.717) is 18.5 Å². The predicted molar refractivity (Wildman–Crippen MR) is 128 cm³/mol. The van der Waals surface area contributed by atoms with E-state index in [4.69, 9.17) is 0 Å². The van der Waals surface area contributed by atoms with Crippen molar-refractivity contribution in [3.63, 3.8) is 0 Å². The molecular weight excluding hydrogens is 436 g/mol. The maximum atomic E-state index is 13.6. The number of carbonyl (C=O) groups is 1. The van der Waals surface area contributed by atoms with Gasteiger partial charge in [-0.05, 0) is 74.6 Å². The van der Waals surface area contributed by atoms with E-state index in [0.717, 1.165) is 36.6 Å². The Labute approximate surface area is 198 Å². The standard InChI is InChI=1S/C27H29F2N3O2/c28-23-16-22(17-24(29)18-23)26-9-10-27(34)32(30-26)19-21-7-5-6-20(14-21)15-25(33)8-1-2-11-31-12-3-4-13-31/h5-7,9-10,14,16-18H,1-4,8,11-13,15,19H2. The third-order valence-electron chi connectivity index (χ3n) is 6.13. The van der Waals surface area contributed by atoms with Crippen LogP contribution in [0.5, 0.6) is 0 Å². The Morgan fingerprint density at radius 3 is 2.41 bits per heavy atom. The molecule has 0 aliphatic carbocycles. The number of halogens is 2. The fraction of sp³-hybridized carbons (Fsp3) is 0.370. The normalized spacial score (nSPS) is 13.9. The molecule has 7 heteroatoms. The maximum absolute atomic E-state index is 13.6. The number of benzene rings is 2. The average Bonchev–Trinajstić information content (AvgIpc) is 3.31. The van der Waals surface area contributed by atoms with Crippen molar-refractivity contribution in [2.45, 2.75) is 45.1 Å². The second-order valence-electron chi connectivity index (χ2n) is 8.91. The molecule has 1 aliphatic rings. The molecule has 0 unspecified atom stereocenters. The van der Waals surface area contributed by atoms with Gasteiger partial charge in [-0.25, -0.2) is 13.5 Å². The topological polar surface area (TPSA) is 55.2 Å². The lowest BCUT2D eigenvalue weighted by Crippen LogP contribution is -2.23. The molecular formula is C27H29F2N3O2. The fourth-order valence-corrected chi connectivity index (χ4v) is 4.41. The fourth-order valence-electron chi connectivity index (χ4n) is 4.41. The van der Waals surface area contributed by atoms with E-state index in [1.807, 2.05) is 24.3 Å². The molecule has 0 spiro atoms. The first-order valence-electron chi connectivity index (χ1n) is 11.8. The molecule has 34 heavy (non-hydrogen) atoms. The van der Waals surface area contributed by atoms with E-state index >= 15 is 0 Å². The van der Waals surface area contributed by atoms with Crippen molar-refractivity contribution in [1.29, 1.82) is 0 Å². The second kappa shape index (κ2) is 11.3. The van der Waals surface area contributed by atoms with E-state index in [2.05, 4.69) is 10.00 Å². The molecule has 178 valence electrons. The highest BCUT2D eigenvalue weighted by Gasteiger charge is 2.12. The Kier molecular flexibility index (Phi) is 7.95. The van der Waals surface area contributed by atoms with Gasteiger partial charge in [0.15, 0.2) is 0 Å². The number of hydrogen-bond donors (Lipinski definition) is 0. The number of hydrogen-bond acceptors (Lipinski definition) is 4. The summed E-state index contributed by atoms with van der Waals surface area (Å²) < 4.78 is 28.4. The van der Waals surface area contributed by atoms with Crippen LogP contribution in [-0.4, -0.2) is 40.1 Å². The summed E-state index contributed by atoms with van der Waals surface area (Å²) in [5, 5.41) is 4.29. The molecule has 1 saturated heterocycles. The summed E-state index contributed by atoms with van der Waals surface area (Å²) in [7, 11) is 0. The molecule has 0 amide bonds. The van der Waals surface area contributed by atoms with E-state index in [9.17, 15) is 18.4 Å². The predicted octanol–water partition coefficient (Wildman–Crippen LogP) is 4.61. The molecule has 0 atom stereocenters. The minimum absolute atomic E-state index is 0.197. The lowest BCUT2D eigenvalue weighted by atomic mass is 10.0. The Balaban J connectivity index is 1.37. The van der Waals surface area contributed by atoms with Gasteiger partial charge < -0.3 is 4.90 Å². The monoisotopic (exact) mass is 465 g/mol. The number of Topliss-reactive ketones (excluding diaryl/α,β-unsaturated/α-hetero) is 1. The van der Waals surface area contributed by atoms with Crippen LogP contribution in [0, 0.1) is 11.6 Å². The first-order valence-corrected chi connectivity index (χ1v) is 11.8. The Bertz CT molecular complexity index is 1180. The SMILES string of the molecule is O=C(CCCCN1CCCC1)Cc1cccc(Cn2nc(-c3cc(F)cc(F)c3)ccc2=O)c1. The summed E-state index contributed by atoms with van der Waals surface area (Å²) in [6, 6.07) is 13.5. The van der Waals surface area contributed by atoms with Crippen LogP contribution in [0.4, 0.5) is 8.78 Å². The van der Waals surface area contributed by atoms with Crippen molar-refractivity contribution in [3.8, 4) is 11.3 Å². The zero-order valence-electron chi connectivity index (χ0n) is 19.2. The summed E-state index contributed by atoms with van der Waals surface area (Å²) in [6.45, 7) is 3.63. The molecule has 2 heterocycles. The van der Waals surface area contributed by atoms with Crippen LogP contribution in [0.3, 0.4) is 0 Å². The minimum Gasteiger partial charge on any atom is -0.303 e. The van der Waals surface area contributed by atoms with Crippen molar-refractivity contribution in [2.75, 3.05) is 19.6 Å². The van der Waals surface area contributed by atoms with Gasteiger partial charge in [-0.15, -0.1) is 0 Å². The molecule has 0 radical (unpaired) electrons. The number of unbranched alkanes of at least 4 members (excludes halogenated alkanes) is 1. The number of aromatic nitrogens is 2. The summed E-state index contributed by atoms with van der Waals surface area (Å²) in [6.07, 6.45) is 5.46. The second-order valence-corrected chi connectivity index (χ2v) is 8.91. The van der Waals surface area contributed by atoms with Crippen molar-refractivity contribution in [1.82, 2.24) is 14.7 Å². The Hall–Kier alpha value is -3.19. The van der Waals surface area contributed by atoms with Gasteiger partial charge in [-0.1, -0.05) is 24.3 Å². The number of carbonyl (C=O) groups excluding carboxylic acids is 1. The van der Waals surface area contributed by atoms with Gasteiger partial charge in [-0.2, -0.15) is 5.10 Å². The Morgan fingerprint density at radius 1 is 0.912 bits per heavy atom. The molecule has 4 rings (SSSR count). The van der Waals surface area contributed by atoms with Crippen molar-refractivity contribution < 1.29 is 13.6 Å². The van der Waals surface area contributed by atoms with Gasteiger partial charge in [0.05, 0.1) is 12.2 Å². The quantitative estimate of drug-likeness (QED) is 0.410. The number of rotatable bonds is 10. The van der Waals surface area contributed by atoms with Gasteiger partial charge >= 0.3 is 0 Å². The summed E-state index contributed by atoms with van der Waals surface area (Å²) >= 11 is 0. The van der Waals surface area contributed by atoms with Crippen LogP contribution in [0.15, 0.2) is 59.4 Å². The smallest absolute Gasteiger partial charge is 0.267 e. The van der Waals surface area contributed by atoms with Crippen LogP contribution in [-0.2, 0) is 17.8 Å². The number of nitrogens with zero attached hydrogens (tertiary/aromatic N) is 3. The number of ketones is 1. The van der Waals surface area contributed by atoms with Gasteiger partial charge in [0.1, 0.15) is 17.4 Å². The molecule has 5 nitrogen and oxygen atoms in total. The molecule has 0 bridgehead atoms. The molecule has 1 aliphatic heterocycles. The molecule has 1 aromatic heterocycles. The van der Waals surface area contributed by atoms with Gasteiger partial charge in [-0.3, -0.25) is 9.59 Å². The third kappa shape index (κ3) is 6.67. The van der Waals surface area contributed by atoms with Gasteiger partial charge in [0, 0.05) is 30.5 Å². The van der Waals surface area contributed by atoms with E-state index in [1.54, 1.807) is 0 Å². The summed E-state index contributed by atoms with van der Waals surface area (Å²) in [5.74, 6) is -1.20. The molecule has 0 N–H and O–H groups in total. The highest BCUT2D eigenvalue weighted by atomic mass is 19.1. The molecule has 3 aromatic rings. The van der Waals surface area contributed by atoms with Crippen molar-refractivity contribution >= 4 is 5.78 Å². The summed E-state index contributed by atoms with van der Waals surface area (Å²) in [5.41, 5.74) is 1.98. The zero-order valence-corrected chi connectivity index (χ0v) is 19.2. The highest BCUT2D eigenvalue weighted by molar-refractivity contribution is 5.80. The lowest BCUT2D eigenvalue weighted by Gasteiger charge is -2.13. The number of likely N-dealkylation sites (tertiary alicyclic amines) is 1. The van der Waals surface area contributed by atoms with Crippen molar-refractivity contribution in [3.05, 3.63) is 87.7 Å². The van der Waals surface area contributed by atoms with E-state index in [-0.39, 0.29) is 23.5 Å². The molecule has 0 saturated carbocycles. The largest absolute Gasteiger partial charge is 0.303 e. The van der Waals surface area contributed by atoms with E-state index in [1.165, 1.54) is 54.9 Å². The molecule has 1 fully saturated rings. The average molecular weight is 466 g/mol. The van der Waals surface area contributed by atoms with Crippen molar-refractivity contribution in [2.24, 2.45) is 0 Å². The summed E-state index contributed by atoms with van der Waals surface area (Å²) in [4.78, 5) is 27.2. The molecule has 2 aromatic carbocycles. The highest BCUT2D eigenvalue weighted by Crippen LogP contribution is 2.19.